The first-order valence-electron chi connectivity index (χ1n) is 7.30. The lowest BCUT2D eigenvalue weighted by molar-refractivity contribution is 0.0691. The van der Waals surface area contributed by atoms with E-state index in [1.54, 1.807) is 24.3 Å². The maximum atomic E-state index is 11.1. The molecule has 0 radical (unpaired) electrons. The van der Waals surface area contributed by atoms with Gasteiger partial charge in [-0.25, -0.2) is 4.79 Å². The van der Waals surface area contributed by atoms with Gasteiger partial charge in [0.15, 0.2) is 0 Å². The molecular formula is C16H23NO3. The molecule has 20 heavy (non-hydrogen) atoms. The van der Waals surface area contributed by atoms with Crippen LogP contribution in [0.5, 0.6) is 5.75 Å². The molecule has 0 aliphatic heterocycles. The van der Waals surface area contributed by atoms with Crippen LogP contribution in [0.3, 0.4) is 0 Å². The summed E-state index contributed by atoms with van der Waals surface area (Å²) in [5.41, 5.74) is 0.228. The van der Waals surface area contributed by atoms with Gasteiger partial charge in [0.2, 0.25) is 0 Å². The lowest BCUT2D eigenvalue weighted by Gasteiger charge is -2.21. The van der Waals surface area contributed by atoms with Gasteiger partial charge in [0.05, 0.1) is 0 Å². The van der Waals surface area contributed by atoms with Gasteiger partial charge in [0.25, 0.3) is 0 Å². The number of ether oxygens (including phenoxy) is 1. The van der Waals surface area contributed by atoms with Crippen molar-refractivity contribution in [2.45, 2.75) is 25.7 Å². The van der Waals surface area contributed by atoms with Gasteiger partial charge in [0.1, 0.15) is 17.9 Å². The lowest BCUT2D eigenvalue weighted by Crippen LogP contribution is -2.29. The molecule has 0 amide bonds. The first-order valence-corrected chi connectivity index (χ1v) is 7.30. The average Bonchev–Trinajstić information content (AvgIpc) is 2.92. The molecule has 0 aromatic heterocycles. The van der Waals surface area contributed by atoms with Crippen molar-refractivity contribution in [3.8, 4) is 5.75 Å². The van der Waals surface area contributed by atoms with Gasteiger partial charge in [0, 0.05) is 13.1 Å². The van der Waals surface area contributed by atoms with Crippen molar-refractivity contribution in [2.75, 3.05) is 26.7 Å². The summed E-state index contributed by atoms with van der Waals surface area (Å²) in [7, 11) is 2.10. The summed E-state index contributed by atoms with van der Waals surface area (Å²) >= 11 is 0. The van der Waals surface area contributed by atoms with E-state index in [0.717, 1.165) is 19.0 Å². The van der Waals surface area contributed by atoms with E-state index >= 15 is 0 Å². The zero-order valence-corrected chi connectivity index (χ0v) is 12.0. The number of hydrogen-bond acceptors (Lipinski definition) is 3. The second-order valence-electron chi connectivity index (χ2n) is 5.56. The number of carboxylic acids is 1. The van der Waals surface area contributed by atoms with Gasteiger partial charge in [-0.2, -0.15) is 0 Å². The van der Waals surface area contributed by atoms with Crippen molar-refractivity contribution in [1.29, 1.82) is 0 Å². The number of hydrogen-bond donors (Lipinski definition) is 1. The van der Waals surface area contributed by atoms with Crippen LogP contribution < -0.4 is 4.74 Å². The molecule has 4 nitrogen and oxygen atoms in total. The van der Waals surface area contributed by atoms with E-state index < -0.39 is 5.97 Å². The van der Waals surface area contributed by atoms with Crippen LogP contribution in [-0.2, 0) is 0 Å². The molecule has 4 heteroatoms. The molecular weight excluding hydrogens is 254 g/mol. The predicted octanol–water partition coefficient (Wildman–Crippen LogP) is 2.89. The summed E-state index contributed by atoms with van der Waals surface area (Å²) in [4.78, 5) is 13.3. The number of carbonyl (C=O) groups is 1. The van der Waals surface area contributed by atoms with Crippen LogP contribution in [0.25, 0.3) is 0 Å². The first-order chi connectivity index (χ1) is 9.66. The molecule has 0 atom stereocenters. The normalized spacial score (nSPS) is 15.7. The van der Waals surface area contributed by atoms with Crippen molar-refractivity contribution in [3.63, 3.8) is 0 Å². The highest BCUT2D eigenvalue weighted by Crippen LogP contribution is 2.25. The third-order valence-corrected chi connectivity index (χ3v) is 3.89. The van der Waals surface area contributed by atoms with Gasteiger partial charge >= 0.3 is 5.97 Å². The van der Waals surface area contributed by atoms with Crippen LogP contribution in [0.4, 0.5) is 0 Å². The van der Waals surface area contributed by atoms with E-state index in [1.165, 1.54) is 25.7 Å². The fraction of sp³-hybridized carbons (Fsp3) is 0.562. The minimum Gasteiger partial charge on any atom is -0.491 e. The average molecular weight is 277 g/mol. The van der Waals surface area contributed by atoms with Crippen LogP contribution in [0.2, 0.25) is 0 Å². The highest BCUT2D eigenvalue weighted by Gasteiger charge is 2.16. The fourth-order valence-electron chi connectivity index (χ4n) is 2.81. The molecule has 0 heterocycles. The molecule has 1 aromatic rings. The standard InChI is InChI=1S/C16H23NO3/c1-17(12-13-6-2-3-7-13)10-11-20-15-9-5-4-8-14(15)16(18)19/h4-5,8-9,13H,2-3,6-7,10-12H2,1H3,(H,18,19). The van der Waals surface area contributed by atoms with Crippen LogP contribution in [0.15, 0.2) is 24.3 Å². The summed E-state index contributed by atoms with van der Waals surface area (Å²) in [6.45, 7) is 2.46. The van der Waals surface area contributed by atoms with Crippen LogP contribution in [0.1, 0.15) is 36.0 Å². The maximum absolute atomic E-state index is 11.1. The monoisotopic (exact) mass is 277 g/mol. The molecule has 110 valence electrons. The Morgan fingerprint density at radius 3 is 2.75 bits per heavy atom. The van der Waals surface area contributed by atoms with Gasteiger partial charge in [-0.05, 0) is 37.9 Å². The van der Waals surface area contributed by atoms with E-state index in [0.29, 0.717) is 12.4 Å². The van der Waals surface area contributed by atoms with Crippen molar-refractivity contribution < 1.29 is 14.6 Å². The predicted molar refractivity (Wildman–Crippen MR) is 78.4 cm³/mol. The second kappa shape index (κ2) is 7.29. The quantitative estimate of drug-likeness (QED) is 0.832. The lowest BCUT2D eigenvalue weighted by atomic mass is 10.1. The number of aromatic carboxylic acids is 1. The minimum atomic E-state index is -0.945. The summed E-state index contributed by atoms with van der Waals surface area (Å²) in [6.07, 6.45) is 5.40. The molecule has 1 aliphatic carbocycles. The van der Waals surface area contributed by atoms with E-state index in [2.05, 4.69) is 11.9 Å². The third kappa shape index (κ3) is 4.23. The second-order valence-corrected chi connectivity index (χ2v) is 5.56. The molecule has 0 saturated heterocycles. The molecule has 0 unspecified atom stereocenters. The number of benzene rings is 1. The molecule has 1 saturated carbocycles. The summed E-state index contributed by atoms with van der Waals surface area (Å²) in [6, 6.07) is 6.78. The van der Waals surface area contributed by atoms with Crippen LogP contribution in [0, 0.1) is 5.92 Å². The number of rotatable bonds is 7. The highest BCUT2D eigenvalue weighted by molar-refractivity contribution is 5.90. The van der Waals surface area contributed by atoms with Crippen LogP contribution >= 0.6 is 0 Å². The van der Waals surface area contributed by atoms with Crippen molar-refractivity contribution >= 4 is 5.97 Å². The Kier molecular flexibility index (Phi) is 5.41. The fourth-order valence-corrected chi connectivity index (χ4v) is 2.81. The van der Waals surface area contributed by atoms with Crippen molar-refractivity contribution in [3.05, 3.63) is 29.8 Å². The molecule has 0 spiro atoms. The Hall–Kier alpha value is -1.55. The Labute approximate surface area is 120 Å². The maximum Gasteiger partial charge on any atom is 0.339 e. The Morgan fingerprint density at radius 2 is 2.05 bits per heavy atom. The van der Waals surface area contributed by atoms with Gasteiger partial charge in [-0.15, -0.1) is 0 Å². The zero-order chi connectivity index (χ0) is 14.4. The van der Waals surface area contributed by atoms with Gasteiger partial charge < -0.3 is 14.7 Å². The van der Waals surface area contributed by atoms with Crippen molar-refractivity contribution in [1.82, 2.24) is 4.90 Å². The van der Waals surface area contributed by atoms with Crippen LogP contribution in [-0.4, -0.2) is 42.7 Å². The van der Waals surface area contributed by atoms with E-state index in [-0.39, 0.29) is 5.56 Å². The molecule has 1 fully saturated rings. The van der Waals surface area contributed by atoms with E-state index in [4.69, 9.17) is 9.84 Å². The smallest absolute Gasteiger partial charge is 0.339 e. The van der Waals surface area contributed by atoms with E-state index in [1.807, 2.05) is 0 Å². The number of likely N-dealkylation sites (N-methyl/N-ethyl adjacent to an activating group) is 1. The third-order valence-electron chi connectivity index (χ3n) is 3.89. The summed E-state index contributed by atoms with van der Waals surface area (Å²) in [5.74, 6) is 0.334. The number of nitrogens with zero attached hydrogens (tertiary/aromatic N) is 1. The minimum absolute atomic E-state index is 0.228. The highest BCUT2D eigenvalue weighted by atomic mass is 16.5. The largest absolute Gasteiger partial charge is 0.491 e. The molecule has 2 rings (SSSR count). The Balaban J connectivity index is 1.76. The zero-order valence-electron chi connectivity index (χ0n) is 12.0. The summed E-state index contributed by atoms with van der Waals surface area (Å²) < 4.78 is 5.61. The van der Waals surface area contributed by atoms with Crippen molar-refractivity contribution in [2.24, 2.45) is 5.92 Å². The topological polar surface area (TPSA) is 49.8 Å². The number of para-hydroxylation sites is 1. The molecule has 1 aromatic carbocycles. The summed E-state index contributed by atoms with van der Waals surface area (Å²) in [5, 5.41) is 9.07. The Bertz CT molecular complexity index is 441. The molecule has 1 N–H and O–H groups in total. The van der Waals surface area contributed by atoms with E-state index in [9.17, 15) is 4.79 Å². The van der Waals surface area contributed by atoms with Gasteiger partial charge in [-0.1, -0.05) is 25.0 Å². The Morgan fingerprint density at radius 1 is 1.35 bits per heavy atom. The molecule has 0 bridgehead atoms. The molecule has 1 aliphatic rings. The van der Waals surface area contributed by atoms with Gasteiger partial charge in [-0.3, -0.25) is 0 Å². The first kappa shape index (κ1) is 14.9. The SMILES string of the molecule is CN(CCOc1ccccc1C(=O)O)CC1CCCC1. The number of carboxylic acid groups (broad SMARTS) is 1.